The molecule has 20 heavy (non-hydrogen) atoms. The Morgan fingerprint density at radius 3 is 2.40 bits per heavy atom. The fourth-order valence-electron chi connectivity index (χ4n) is 2.36. The van der Waals surface area contributed by atoms with E-state index in [1.54, 1.807) is 6.20 Å². The van der Waals surface area contributed by atoms with Crippen molar-refractivity contribution in [2.24, 2.45) is 5.92 Å². The van der Waals surface area contributed by atoms with Gasteiger partial charge in [0.05, 0.1) is 6.33 Å². The average molecular weight is 271 g/mol. The first-order chi connectivity index (χ1) is 9.61. The fraction of sp³-hybridized carbons (Fsp3) is 0.471. The minimum absolute atomic E-state index is 0.371. The van der Waals surface area contributed by atoms with Crippen LogP contribution in [0.3, 0.4) is 0 Å². The lowest BCUT2D eigenvalue weighted by atomic mass is 9.98. The molecule has 3 nitrogen and oxygen atoms in total. The van der Waals surface area contributed by atoms with Crippen LogP contribution in [0.15, 0.2) is 43.0 Å². The van der Waals surface area contributed by atoms with Crippen LogP contribution in [0.5, 0.6) is 0 Å². The summed E-state index contributed by atoms with van der Waals surface area (Å²) >= 11 is 0. The molecule has 2 aromatic rings. The predicted octanol–water partition coefficient (Wildman–Crippen LogP) is 3.96. The molecular formula is C17H25N3. The van der Waals surface area contributed by atoms with Gasteiger partial charge in [-0.2, -0.15) is 0 Å². The van der Waals surface area contributed by atoms with Crippen LogP contribution in [0.4, 0.5) is 0 Å². The molecule has 0 aliphatic carbocycles. The summed E-state index contributed by atoms with van der Waals surface area (Å²) < 4.78 is 2.02. The van der Waals surface area contributed by atoms with Crippen LogP contribution in [0.1, 0.15) is 45.7 Å². The van der Waals surface area contributed by atoms with Crippen molar-refractivity contribution >= 4 is 0 Å². The maximum atomic E-state index is 4.07. The molecule has 0 bridgehead atoms. The van der Waals surface area contributed by atoms with E-state index < -0.39 is 0 Å². The van der Waals surface area contributed by atoms with Gasteiger partial charge in [-0.15, -0.1) is 0 Å². The number of aromatic nitrogens is 2. The standard InChI is InChI=1S/C17H25N3/c1-5-13(2)14(3)19-15(4)16-6-8-17(9-7-16)20-11-10-18-12-20/h6-15,19H,5H2,1-4H3. The fourth-order valence-corrected chi connectivity index (χ4v) is 2.36. The van der Waals surface area contributed by atoms with E-state index in [2.05, 4.69) is 62.3 Å². The van der Waals surface area contributed by atoms with E-state index in [4.69, 9.17) is 0 Å². The number of hydrogen-bond acceptors (Lipinski definition) is 2. The Labute approximate surface area is 122 Å². The van der Waals surface area contributed by atoms with Crippen LogP contribution in [0.2, 0.25) is 0 Å². The first-order valence-corrected chi connectivity index (χ1v) is 7.46. The topological polar surface area (TPSA) is 29.9 Å². The first kappa shape index (κ1) is 14.8. The maximum Gasteiger partial charge on any atom is 0.0991 e. The third-order valence-corrected chi connectivity index (χ3v) is 4.21. The van der Waals surface area contributed by atoms with Gasteiger partial charge in [0.15, 0.2) is 0 Å². The van der Waals surface area contributed by atoms with Gasteiger partial charge in [-0.3, -0.25) is 0 Å². The SMILES string of the molecule is CCC(C)C(C)NC(C)c1ccc(-n2ccnc2)cc1. The number of hydrogen-bond donors (Lipinski definition) is 1. The smallest absolute Gasteiger partial charge is 0.0991 e. The van der Waals surface area contributed by atoms with Crippen LogP contribution in [0, 0.1) is 5.92 Å². The normalized spacial score (nSPS) is 15.8. The number of nitrogens with zero attached hydrogens (tertiary/aromatic N) is 2. The molecule has 0 aliphatic rings. The van der Waals surface area contributed by atoms with Gasteiger partial charge in [-0.25, -0.2) is 4.98 Å². The lowest BCUT2D eigenvalue weighted by Crippen LogP contribution is -2.33. The molecule has 3 atom stereocenters. The molecule has 2 rings (SSSR count). The van der Waals surface area contributed by atoms with E-state index in [1.807, 2.05) is 17.1 Å². The first-order valence-electron chi connectivity index (χ1n) is 7.46. The van der Waals surface area contributed by atoms with Crippen molar-refractivity contribution < 1.29 is 0 Å². The molecule has 1 aromatic carbocycles. The molecular weight excluding hydrogens is 246 g/mol. The molecule has 0 saturated carbocycles. The van der Waals surface area contributed by atoms with Crippen molar-refractivity contribution in [3.63, 3.8) is 0 Å². The molecule has 0 spiro atoms. The molecule has 3 unspecified atom stereocenters. The van der Waals surface area contributed by atoms with Crippen molar-refractivity contribution in [1.82, 2.24) is 14.9 Å². The highest BCUT2D eigenvalue weighted by Gasteiger charge is 2.14. The second-order valence-electron chi connectivity index (χ2n) is 5.62. The summed E-state index contributed by atoms with van der Waals surface area (Å²) in [7, 11) is 0. The van der Waals surface area contributed by atoms with Crippen LogP contribution < -0.4 is 5.32 Å². The van der Waals surface area contributed by atoms with Gasteiger partial charge in [-0.05, 0) is 37.5 Å². The summed E-state index contributed by atoms with van der Waals surface area (Å²) in [6, 6.07) is 9.57. The van der Waals surface area contributed by atoms with Crippen LogP contribution >= 0.6 is 0 Å². The van der Waals surface area contributed by atoms with Crippen molar-refractivity contribution in [3.8, 4) is 5.69 Å². The summed E-state index contributed by atoms with van der Waals surface area (Å²) in [4.78, 5) is 4.07. The number of imidazole rings is 1. The van der Waals surface area contributed by atoms with Gasteiger partial charge >= 0.3 is 0 Å². The van der Waals surface area contributed by atoms with E-state index in [0.29, 0.717) is 18.0 Å². The lowest BCUT2D eigenvalue weighted by Gasteiger charge is -2.25. The molecule has 1 N–H and O–H groups in total. The van der Waals surface area contributed by atoms with Crippen LogP contribution in [-0.2, 0) is 0 Å². The molecule has 0 amide bonds. The molecule has 3 heteroatoms. The van der Waals surface area contributed by atoms with Gasteiger partial charge < -0.3 is 9.88 Å². The van der Waals surface area contributed by atoms with Gasteiger partial charge in [0, 0.05) is 30.2 Å². The van der Waals surface area contributed by atoms with Crippen LogP contribution in [0.25, 0.3) is 5.69 Å². The predicted molar refractivity (Wildman–Crippen MR) is 84.0 cm³/mol. The second-order valence-corrected chi connectivity index (χ2v) is 5.62. The Morgan fingerprint density at radius 1 is 1.15 bits per heavy atom. The Kier molecular flexibility index (Phi) is 4.96. The average Bonchev–Trinajstić information content (AvgIpc) is 3.00. The zero-order chi connectivity index (χ0) is 14.5. The van der Waals surface area contributed by atoms with Crippen molar-refractivity contribution in [3.05, 3.63) is 48.5 Å². The summed E-state index contributed by atoms with van der Waals surface area (Å²) in [6.45, 7) is 9.04. The molecule has 108 valence electrons. The third kappa shape index (κ3) is 3.48. The molecule has 0 saturated heterocycles. The highest BCUT2D eigenvalue weighted by Crippen LogP contribution is 2.18. The van der Waals surface area contributed by atoms with Crippen molar-refractivity contribution in [1.29, 1.82) is 0 Å². The van der Waals surface area contributed by atoms with Gasteiger partial charge in [0.1, 0.15) is 0 Å². The Morgan fingerprint density at radius 2 is 1.85 bits per heavy atom. The van der Waals surface area contributed by atoms with Crippen molar-refractivity contribution in [2.75, 3.05) is 0 Å². The van der Waals surface area contributed by atoms with E-state index in [-0.39, 0.29) is 0 Å². The van der Waals surface area contributed by atoms with E-state index in [0.717, 1.165) is 5.69 Å². The van der Waals surface area contributed by atoms with Gasteiger partial charge in [0.2, 0.25) is 0 Å². The molecule has 0 aliphatic heterocycles. The minimum atomic E-state index is 0.371. The zero-order valence-corrected chi connectivity index (χ0v) is 12.9. The zero-order valence-electron chi connectivity index (χ0n) is 12.9. The maximum absolute atomic E-state index is 4.07. The van der Waals surface area contributed by atoms with E-state index in [9.17, 15) is 0 Å². The van der Waals surface area contributed by atoms with Gasteiger partial charge in [0.25, 0.3) is 0 Å². The third-order valence-electron chi connectivity index (χ3n) is 4.21. The van der Waals surface area contributed by atoms with E-state index in [1.165, 1.54) is 12.0 Å². The van der Waals surface area contributed by atoms with Crippen molar-refractivity contribution in [2.45, 2.75) is 46.2 Å². The summed E-state index contributed by atoms with van der Waals surface area (Å²) in [6.07, 6.45) is 6.79. The van der Waals surface area contributed by atoms with Crippen LogP contribution in [-0.4, -0.2) is 15.6 Å². The monoisotopic (exact) mass is 271 g/mol. The molecule has 0 fully saturated rings. The summed E-state index contributed by atoms with van der Waals surface area (Å²) in [5.74, 6) is 0.697. The highest BCUT2D eigenvalue weighted by atomic mass is 15.0. The van der Waals surface area contributed by atoms with Gasteiger partial charge in [-0.1, -0.05) is 32.4 Å². The minimum Gasteiger partial charge on any atom is -0.307 e. The Bertz CT molecular complexity index is 502. The Hall–Kier alpha value is -1.61. The summed E-state index contributed by atoms with van der Waals surface area (Å²) in [5, 5.41) is 3.68. The van der Waals surface area contributed by atoms with E-state index >= 15 is 0 Å². The number of rotatable bonds is 6. The number of benzene rings is 1. The highest BCUT2D eigenvalue weighted by molar-refractivity contribution is 5.35. The molecule has 1 heterocycles. The molecule has 1 aromatic heterocycles. The molecule has 0 radical (unpaired) electrons. The Balaban J connectivity index is 2.02. The second kappa shape index (κ2) is 6.71. The quantitative estimate of drug-likeness (QED) is 0.862. The largest absolute Gasteiger partial charge is 0.307 e. The lowest BCUT2D eigenvalue weighted by molar-refractivity contribution is 0.360. The summed E-state index contributed by atoms with van der Waals surface area (Å²) in [5.41, 5.74) is 2.47. The number of nitrogens with one attached hydrogen (secondary N) is 1.